The van der Waals surface area contributed by atoms with Gasteiger partial charge in [-0.15, -0.1) is 10.2 Å². The molecular weight excluding hydrogens is 401 g/mol. The van der Waals surface area contributed by atoms with Gasteiger partial charge in [0, 0.05) is 29.0 Å². The predicted molar refractivity (Wildman–Crippen MR) is 107 cm³/mol. The van der Waals surface area contributed by atoms with E-state index in [2.05, 4.69) is 25.7 Å². The highest BCUT2D eigenvalue weighted by molar-refractivity contribution is 7.15. The quantitative estimate of drug-likeness (QED) is 0.502. The van der Waals surface area contributed by atoms with E-state index >= 15 is 0 Å². The van der Waals surface area contributed by atoms with E-state index in [0.717, 1.165) is 10.6 Å². The van der Waals surface area contributed by atoms with Crippen molar-refractivity contribution in [3.63, 3.8) is 0 Å². The van der Waals surface area contributed by atoms with Gasteiger partial charge >= 0.3 is 0 Å². The Bertz CT molecular complexity index is 1080. The average molecular weight is 418 g/mol. The van der Waals surface area contributed by atoms with Gasteiger partial charge < -0.3 is 5.32 Å². The maximum absolute atomic E-state index is 13.9. The molecule has 4 rings (SSSR count). The molecule has 3 aromatic heterocycles. The highest BCUT2D eigenvalue weighted by Crippen LogP contribution is 2.26. The standard InChI is InChI=1S/C18H17ClFN7S/c1-11-8-21-27(9-11)12(2)17-23-24-18(28-17)22-16-6-7-26(25-16)10-13-14(19)4-3-5-15(13)20/h3-9,12H,10H2,1-2H3,(H,22,24,25). The monoisotopic (exact) mass is 417 g/mol. The number of hydrogen-bond acceptors (Lipinski definition) is 6. The van der Waals surface area contributed by atoms with E-state index in [9.17, 15) is 4.39 Å². The lowest BCUT2D eigenvalue weighted by atomic mass is 10.2. The van der Waals surface area contributed by atoms with Crippen LogP contribution in [0.5, 0.6) is 0 Å². The van der Waals surface area contributed by atoms with Crippen LogP contribution in [0.15, 0.2) is 42.9 Å². The molecule has 10 heteroatoms. The van der Waals surface area contributed by atoms with Crippen LogP contribution in [0.1, 0.15) is 29.1 Å². The van der Waals surface area contributed by atoms with E-state index in [1.165, 1.54) is 17.4 Å². The third-order valence-corrected chi connectivity index (χ3v) is 5.55. The molecule has 0 saturated heterocycles. The van der Waals surface area contributed by atoms with Gasteiger partial charge in [0.2, 0.25) is 5.13 Å². The molecule has 3 heterocycles. The van der Waals surface area contributed by atoms with Crippen LogP contribution in [-0.4, -0.2) is 29.8 Å². The maximum atomic E-state index is 13.9. The number of halogens is 2. The smallest absolute Gasteiger partial charge is 0.211 e. The molecule has 0 bridgehead atoms. The summed E-state index contributed by atoms with van der Waals surface area (Å²) in [7, 11) is 0. The number of hydrogen-bond donors (Lipinski definition) is 1. The second-order valence-electron chi connectivity index (χ2n) is 6.34. The molecule has 0 spiro atoms. The van der Waals surface area contributed by atoms with E-state index in [1.54, 1.807) is 29.1 Å². The summed E-state index contributed by atoms with van der Waals surface area (Å²) >= 11 is 7.51. The van der Waals surface area contributed by atoms with Gasteiger partial charge in [0.25, 0.3) is 0 Å². The van der Waals surface area contributed by atoms with Crippen LogP contribution >= 0.6 is 22.9 Å². The van der Waals surface area contributed by atoms with Gasteiger partial charge in [0.1, 0.15) is 16.9 Å². The molecule has 1 N–H and O–H groups in total. The zero-order valence-corrected chi connectivity index (χ0v) is 16.7. The SMILES string of the molecule is Cc1cnn(C(C)c2nnc(Nc3ccn(Cc4c(F)cccc4Cl)n3)s2)c1. The van der Waals surface area contributed by atoms with Crippen LogP contribution in [0.4, 0.5) is 15.3 Å². The topological polar surface area (TPSA) is 73.5 Å². The van der Waals surface area contributed by atoms with Gasteiger partial charge in [-0.25, -0.2) is 4.39 Å². The summed E-state index contributed by atoms with van der Waals surface area (Å²) in [4.78, 5) is 0. The Morgan fingerprint density at radius 2 is 2.14 bits per heavy atom. The third-order valence-electron chi connectivity index (χ3n) is 4.18. The number of aromatic nitrogens is 6. The first kappa shape index (κ1) is 18.6. The second-order valence-corrected chi connectivity index (χ2v) is 7.76. The van der Waals surface area contributed by atoms with Gasteiger partial charge in [-0.1, -0.05) is 29.0 Å². The normalized spacial score (nSPS) is 12.3. The first-order valence-electron chi connectivity index (χ1n) is 8.57. The highest BCUT2D eigenvalue weighted by atomic mass is 35.5. The van der Waals surface area contributed by atoms with E-state index in [4.69, 9.17) is 11.6 Å². The van der Waals surface area contributed by atoms with Crippen LogP contribution in [0.2, 0.25) is 5.02 Å². The van der Waals surface area contributed by atoms with Crippen LogP contribution in [-0.2, 0) is 6.54 Å². The minimum Gasteiger partial charge on any atom is -0.313 e. The number of rotatable bonds is 6. The highest BCUT2D eigenvalue weighted by Gasteiger charge is 2.15. The molecule has 144 valence electrons. The molecular formula is C18H17ClFN7S. The van der Waals surface area contributed by atoms with Gasteiger partial charge in [0.15, 0.2) is 5.82 Å². The molecule has 1 aromatic carbocycles. The first-order valence-corrected chi connectivity index (χ1v) is 9.76. The number of benzene rings is 1. The molecule has 0 aliphatic carbocycles. The van der Waals surface area contributed by atoms with Gasteiger partial charge in [-0.05, 0) is 31.5 Å². The molecule has 0 radical (unpaired) electrons. The molecule has 0 amide bonds. The van der Waals surface area contributed by atoms with Gasteiger partial charge in [-0.2, -0.15) is 10.2 Å². The van der Waals surface area contributed by atoms with Crippen LogP contribution in [0.25, 0.3) is 0 Å². The van der Waals surface area contributed by atoms with E-state index in [-0.39, 0.29) is 18.4 Å². The van der Waals surface area contributed by atoms with Crippen LogP contribution in [0.3, 0.4) is 0 Å². The summed E-state index contributed by atoms with van der Waals surface area (Å²) in [6.07, 6.45) is 5.53. The van der Waals surface area contributed by atoms with Crippen molar-refractivity contribution in [3.05, 3.63) is 69.8 Å². The summed E-state index contributed by atoms with van der Waals surface area (Å²) in [6.45, 7) is 4.25. The van der Waals surface area contributed by atoms with Crippen molar-refractivity contribution >= 4 is 33.9 Å². The van der Waals surface area contributed by atoms with Crippen LogP contribution in [0, 0.1) is 12.7 Å². The molecule has 0 aliphatic rings. The molecule has 7 nitrogen and oxygen atoms in total. The molecule has 0 saturated carbocycles. The van der Waals surface area contributed by atoms with Crippen molar-refractivity contribution in [2.45, 2.75) is 26.4 Å². The number of nitrogens with one attached hydrogen (secondary N) is 1. The fourth-order valence-corrected chi connectivity index (χ4v) is 3.70. The fourth-order valence-electron chi connectivity index (χ4n) is 2.68. The Hall–Kier alpha value is -2.78. The fraction of sp³-hybridized carbons (Fsp3) is 0.222. The minimum absolute atomic E-state index is 0.0116. The number of nitrogens with zero attached hydrogens (tertiary/aromatic N) is 6. The van der Waals surface area contributed by atoms with Crippen molar-refractivity contribution in [1.29, 1.82) is 0 Å². The van der Waals surface area contributed by atoms with Crippen molar-refractivity contribution in [2.75, 3.05) is 5.32 Å². The van der Waals surface area contributed by atoms with Crippen molar-refractivity contribution < 1.29 is 4.39 Å². The van der Waals surface area contributed by atoms with E-state index in [1.807, 2.05) is 30.9 Å². The number of aryl methyl sites for hydroxylation is 1. The Morgan fingerprint density at radius 1 is 1.29 bits per heavy atom. The molecule has 4 aromatic rings. The summed E-state index contributed by atoms with van der Waals surface area (Å²) in [5.74, 6) is 0.242. The molecule has 28 heavy (non-hydrogen) atoms. The minimum atomic E-state index is -0.353. The second kappa shape index (κ2) is 7.69. The number of anilines is 2. The molecule has 0 aliphatic heterocycles. The van der Waals surface area contributed by atoms with Crippen molar-refractivity contribution in [2.24, 2.45) is 0 Å². The molecule has 1 atom stereocenters. The lowest BCUT2D eigenvalue weighted by Crippen LogP contribution is -2.06. The Labute approximate surface area is 169 Å². The van der Waals surface area contributed by atoms with Crippen LogP contribution < -0.4 is 5.32 Å². The predicted octanol–water partition coefficient (Wildman–Crippen LogP) is 4.43. The Kier molecular flexibility index (Phi) is 5.10. The average Bonchev–Trinajstić information content (AvgIpc) is 3.40. The lowest BCUT2D eigenvalue weighted by Gasteiger charge is -2.07. The maximum Gasteiger partial charge on any atom is 0.211 e. The Morgan fingerprint density at radius 3 is 2.89 bits per heavy atom. The zero-order chi connectivity index (χ0) is 19.7. The summed E-state index contributed by atoms with van der Waals surface area (Å²) in [5.41, 5.74) is 1.50. The lowest BCUT2D eigenvalue weighted by molar-refractivity contribution is 0.557. The van der Waals surface area contributed by atoms with Crippen molar-refractivity contribution in [3.8, 4) is 0 Å². The first-order chi connectivity index (χ1) is 13.5. The van der Waals surface area contributed by atoms with Gasteiger partial charge in [0.05, 0.1) is 12.7 Å². The van der Waals surface area contributed by atoms with Crippen molar-refractivity contribution in [1.82, 2.24) is 29.8 Å². The zero-order valence-electron chi connectivity index (χ0n) is 15.2. The van der Waals surface area contributed by atoms with E-state index in [0.29, 0.717) is 21.5 Å². The third kappa shape index (κ3) is 3.90. The molecule has 0 fully saturated rings. The largest absolute Gasteiger partial charge is 0.313 e. The summed E-state index contributed by atoms with van der Waals surface area (Å²) in [6, 6.07) is 6.40. The van der Waals surface area contributed by atoms with Gasteiger partial charge in [-0.3, -0.25) is 9.36 Å². The summed E-state index contributed by atoms with van der Waals surface area (Å²) < 4.78 is 17.4. The van der Waals surface area contributed by atoms with E-state index < -0.39 is 0 Å². The molecule has 1 unspecified atom stereocenters. The Balaban J connectivity index is 1.45. The summed E-state index contributed by atoms with van der Waals surface area (Å²) in [5, 5.41) is 22.1.